The van der Waals surface area contributed by atoms with E-state index in [-0.39, 0.29) is 23.9 Å². The molecule has 0 aliphatic carbocycles. The molecule has 0 unspecified atom stereocenters. The first-order chi connectivity index (χ1) is 14.0. The number of amides is 1. The number of benzene rings is 2. The number of rotatable bonds is 4. The number of methoxy groups -OCH3 is 1. The molecule has 2 fully saturated rings. The maximum absolute atomic E-state index is 13.3. The number of hydrogen-bond donors (Lipinski definition) is 0. The normalized spacial score (nSPS) is 19.6. The van der Waals surface area contributed by atoms with Crippen molar-refractivity contribution < 1.29 is 18.7 Å². The van der Waals surface area contributed by atoms with E-state index in [0.29, 0.717) is 6.54 Å². The third-order valence-electron chi connectivity index (χ3n) is 6.05. The van der Waals surface area contributed by atoms with Crippen molar-refractivity contribution >= 4 is 11.6 Å². The van der Waals surface area contributed by atoms with Gasteiger partial charge in [-0.2, -0.15) is 0 Å². The second-order valence-electron chi connectivity index (χ2n) is 7.97. The summed E-state index contributed by atoms with van der Waals surface area (Å²) in [4.78, 5) is 16.5. The molecule has 0 bridgehead atoms. The molecule has 0 saturated carbocycles. The second-order valence-corrected chi connectivity index (χ2v) is 7.97. The molecule has 2 saturated heterocycles. The first-order valence-electron chi connectivity index (χ1n) is 10.0. The zero-order valence-electron chi connectivity index (χ0n) is 17.0. The highest BCUT2D eigenvalue weighted by atomic mass is 19.1. The van der Waals surface area contributed by atoms with E-state index < -0.39 is 0 Å². The van der Waals surface area contributed by atoms with Crippen LogP contribution in [0.2, 0.25) is 0 Å². The molecule has 154 valence electrons. The smallest absolute Gasteiger partial charge is 0.253 e. The molecule has 4 rings (SSSR count). The van der Waals surface area contributed by atoms with Crippen LogP contribution in [0.15, 0.2) is 42.5 Å². The number of halogens is 1. The van der Waals surface area contributed by atoms with Crippen molar-refractivity contribution in [3.63, 3.8) is 0 Å². The standard InChI is InChI=1S/C23H27FN2O3/c1-17-4-3-5-18(22(17)28-2)14-25-12-10-23(11-13-25)16-26(21(27)15-29-23)20-8-6-19(24)7-9-20/h3-9H,10-16H2,1-2H3. The fourth-order valence-corrected chi connectivity index (χ4v) is 4.36. The average Bonchev–Trinajstić information content (AvgIpc) is 2.73. The Morgan fingerprint density at radius 2 is 1.86 bits per heavy atom. The number of aryl methyl sites for hydroxylation is 1. The van der Waals surface area contributed by atoms with E-state index in [2.05, 4.69) is 30.0 Å². The van der Waals surface area contributed by atoms with Gasteiger partial charge in [0.05, 0.1) is 19.3 Å². The molecule has 6 heteroatoms. The third-order valence-corrected chi connectivity index (χ3v) is 6.05. The number of likely N-dealkylation sites (tertiary alicyclic amines) is 1. The minimum absolute atomic E-state index is 0.0725. The minimum Gasteiger partial charge on any atom is -0.496 e. The molecule has 2 aliphatic heterocycles. The molecular formula is C23H27FN2O3. The largest absolute Gasteiger partial charge is 0.496 e. The number of ether oxygens (including phenoxy) is 2. The lowest BCUT2D eigenvalue weighted by Gasteiger charge is -2.47. The predicted octanol–water partition coefficient (Wildman–Crippen LogP) is 3.54. The fourth-order valence-electron chi connectivity index (χ4n) is 4.36. The Kier molecular flexibility index (Phi) is 5.56. The minimum atomic E-state index is -0.338. The zero-order valence-corrected chi connectivity index (χ0v) is 17.0. The summed E-state index contributed by atoms with van der Waals surface area (Å²) < 4.78 is 24.9. The first-order valence-corrected chi connectivity index (χ1v) is 10.0. The number of anilines is 1. The lowest BCUT2D eigenvalue weighted by molar-refractivity contribution is -0.145. The average molecular weight is 398 g/mol. The lowest BCUT2D eigenvalue weighted by Crippen LogP contribution is -2.58. The summed E-state index contributed by atoms with van der Waals surface area (Å²) in [6, 6.07) is 12.3. The van der Waals surface area contributed by atoms with E-state index in [0.717, 1.165) is 49.5 Å². The number of piperidine rings is 1. The molecule has 2 heterocycles. The van der Waals surface area contributed by atoms with Gasteiger partial charge in [0.2, 0.25) is 0 Å². The molecule has 2 aliphatic rings. The van der Waals surface area contributed by atoms with E-state index in [1.807, 2.05) is 0 Å². The zero-order chi connectivity index (χ0) is 20.4. The van der Waals surface area contributed by atoms with Crippen LogP contribution in [0.4, 0.5) is 10.1 Å². The summed E-state index contributed by atoms with van der Waals surface area (Å²) in [5, 5.41) is 0. The maximum Gasteiger partial charge on any atom is 0.253 e. The van der Waals surface area contributed by atoms with Crippen LogP contribution in [0.5, 0.6) is 5.75 Å². The summed E-state index contributed by atoms with van der Waals surface area (Å²) in [5.41, 5.74) is 2.72. The SMILES string of the molecule is COc1c(C)cccc1CN1CCC2(CC1)CN(c1ccc(F)cc1)C(=O)CO2. The third kappa shape index (κ3) is 4.14. The Morgan fingerprint density at radius 3 is 2.55 bits per heavy atom. The Bertz CT molecular complexity index is 876. The van der Waals surface area contributed by atoms with Gasteiger partial charge in [0, 0.05) is 30.9 Å². The molecule has 5 nitrogen and oxygen atoms in total. The van der Waals surface area contributed by atoms with E-state index in [1.54, 1.807) is 24.1 Å². The van der Waals surface area contributed by atoms with Gasteiger partial charge in [0.25, 0.3) is 5.91 Å². The van der Waals surface area contributed by atoms with E-state index in [9.17, 15) is 9.18 Å². The van der Waals surface area contributed by atoms with Crippen LogP contribution in [0, 0.1) is 12.7 Å². The van der Waals surface area contributed by atoms with Crippen LogP contribution >= 0.6 is 0 Å². The van der Waals surface area contributed by atoms with Gasteiger partial charge >= 0.3 is 0 Å². The van der Waals surface area contributed by atoms with Gasteiger partial charge in [-0.25, -0.2) is 4.39 Å². The first kappa shape index (κ1) is 19.9. The number of nitrogens with zero attached hydrogens (tertiary/aromatic N) is 2. The number of hydrogen-bond acceptors (Lipinski definition) is 4. The Labute approximate surface area is 171 Å². The van der Waals surface area contributed by atoms with Crippen LogP contribution in [-0.4, -0.2) is 49.8 Å². The molecule has 0 aromatic heterocycles. The van der Waals surface area contributed by atoms with E-state index >= 15 is 0 Å². The van der Waals surface area contributed by atoms with Gasteiger partial charge < -0.3 is 14.4 Å². The Morgan fingerprint density at radius 1 is 1.14 bits per heavy atom. The summed E-state index contributed by atoms with van der Waals surface area (Å²) in [6.45, 7) is 5.26. The van der Waals surface area contributed by atoms with E-state index in [4.69, 9.17) is 9.47 Å². The maximum atomic E-state index is 13.3. The van der Waals surface area contributed by atoms with Crippen LogP contribution in [-0.2, 0) is 16.1 Å². The summed E-state index contributed by atoms with van der Waals surface area (Å²) in [6.07, 6.45) is 1.71. The quantitative estimate of drug-likeness (QED) is 0.790. The predicted molar refractivity (Wildman–Crippen MR) is 110 cm³/mol. The van der Waals surface area contributed by atoms with Crippen LogP contribution in [0.1, 0.15) is 24.0 Å². The number of carbonyl (C=O) groups is 1. The Balaban J connectivity index is 1.42. The van der Waals surface area contributed by atoms with Gasteiger partial charge in [-0.3, -0.25) is 9.69 Å². The van der Waals surface area contributed by atoms with E-state index in [1.165, 1.54) is 17.7 Å². The number of morpholine rings is 1. The van der Waals surface area contributed by atoms with Gasteiger partial charge in [0.1, 0.15) is 18.2 Å². The molecule has 29 heavy (non-hydrogen) atoms. The lowest BCUT2D eigenvalue weighted by atomic mass is 9.88. The molecular weight excluding hydrogens is 371 g/mol. The van der Waals surface area contributed by atoms with Crippen LogP contribution in [0.3, 0.4) is 0 Å². The van der Waals surface area contributed by atoms with Crippen LogP contribution in [0.25, 0.3) is 0 Å². The summed E-state index contributed by atoms with van der Waals surface area (Å²) >= 11 is 0. The molecule has 0 atom stereocenters. The van der Waals surface area contributed by atoms with Gasteiger partial charge in [0.15, 0.2) is 0 Å². The summed E-state index contributed by atoms with van der Waals surface area (Å²) in [5.74, 6) is 0.577. The summed E-state index contributed by atoms with van der Waals surface area (Å²) in [7, 11) is 1.72. The fraction of sp³-hybridized carbons (Fsp3) is 0.435. The van der Waals surface area contributed by atoms with Crippen molar-refractivity contribution in [3.05, 3.63) is 59.4 Å². The van der Waals surface area contributed by atoms with Crippen molar-refractivity contribution in [1.29, 1.82) is 0 Å². The molecule has 1 amide bonds. The highest BCUT2D eigenvalue weighted by molar-refractivity contribution is 5.95. The molecule has 0 radical (unpaired) electrons. The Hall–Kier alpha value is -2.44. The number of carbonyl (C=O) groups excluding carboxylic acids is 1. The number of para-hydroxylation sites is 1. The van der Waals surface area contributed by atoms with Gasteiger partial charge in [-0.05, 0) is 49.6 Å². The second kappa shape index (κ2) is 8.13. The molecule has 0 N–H and O–H groups in total. The van der Waals surface area contributed by atoms with Gasteiger partial charge in [-0.1, -0.05) is 18.2 Å². The van der Waals surface area contributed by atoms with Crippen molar-refractivity contribution in [1.82, 2.24) is 4.90 Å². The van der Waals surface area contributed by atoms with Crippen LogP contribution < -0.4 is 9.64 Å². The highest BCUT2D eigenvalue weighted by Gasteiger charge is 2.42. The molecule has 2 aromatic rings. The highest BCUT2D eigenvalue weighted by Crippen LogP contribution is 2.34. The van der Waals surface area contributed by atoms with Crippen molar-refractivity contribution in [2.45, 2.75) is 31.9 Å². The van der Waals surface area contributed by atoms with Crippen molar-refractivity contribution in [3.8, 4) is 5.75 Å². The molecule has 2 aromatic carbocycles. The van der Waals surface area contributed by atoms with Crippen molar-refractivity contribution in [2.24, 2.45) is 0 Å². The van der Waals surface area contributed by atoms with Gasteiger partial charge in [-0.15, -0.1) is 0 Å². The van der Waals surface area contributed by atoms with Crippen molar-refractivity contribution in [2.75, 3.05) is 38.3 Å². The monoisotopic (exact) mass is 398 g/mol. The molecule has 1 spiro atoms. The topological polar surface area (TPSA) is 42.0 Å².